The molecule has 0 N–H and O–H groups in total. The number of hydrogen-bond donors (Lipinski definition) is 0. The zero-order valence-corrected chi connectivity index (χ0v) is 10.6. The molecule has 18 heavy (non-hydrogen) atoms. The van der Waals surface area contributed by atoms with E-state index < -0.39 is 0 Å². The van der Waals surface area contributed by atoms with Gasteiger partial charge in [-0.05, 0) is 17.7 Å². The van der Waals surface area contributed by atoms with E-state index in [4.69, 9.17) is 11.6 Å². The molecular formula is C13H13ClFN3. The maximum absolute atomic E-state index is 14.0. The first-order valence-electron chi connectivity index (χ1n) is 5.87. The SMILES string of the molecule is Fc1cc(CCl)ccc1N1CCn2ccnc2C1. The minimum atomic E-state index is -0.215. The van der Waals surface area contributed by atoms with E-state index in [0.717, 1.165) is 24.5 Å². The molecule has 2 heterocycles. The lowest BCUT2D eigenvalue weighted by Crippen LogP contribution is -2.34. The van der Waals surface area contributed by atoms with Crippen LogP contribution in [0.3, 0.4) is 0 Å². The van der Waals surface area contributed by atoms with Crippen molar-refractivity contribution in [2.24, 2.45) is 0 Å². The van der Waals surface area contributed by atoms with Crippen LogP contribution < -0.4 is 4.90 Å². The molecule has 3 rings (SSSR count). The smallest absolute Gasteiger partial charge is 0.146 e. The summed E-state index contributed by atoms with van der Waals surface area (Å²) < 4.78 is 16.1. The number of aromatic nitrogens is 2. The summed E-state index contributed by atoms with van der Waals surface area (Å²) in [6.07, 6.45) is 3.74. The van der Waals surface area contributed by atoms with E-state index in [2.05, 4.69) is 9.55 Å². The van der Waals surface area contributed by atoms with Gasteiger partial charge in [0.15, 0.2) is 0 Å². The van der Waals surface area contributed by atoms with Crippen LogP contribution in [-0.2, 0) is 19.0 Å². The quantitative estimate of drug-likeness (QED) is 0.779. The molecule has 1 aliphatic rings. The average molecular weight is 266 g/mol. The third kappa shape index (κ3) is 1.97. The highest BCUT2D eigenvalue weighted by atomic mass is 35.5. The summed E-state index contributed by atoms with van der Waals surface area (Å²) in [4.78, 5) is 6.28. The zero-order chi connectivity index (χ0) is 12.5. The van der Waals surface area contributed by atoms with Crippen molar-refractivity contribution in [2.75, 3.05) is 11.4 Å². The predicted molar refractivity (Wildman–Crippen MR) is 69.2 cm³/mol. The molecule has 0 fully saturated rings. The fraction of sp³-hybridized carbons (Fsp3) is 0.308. The summed E-state index contributed by atoms with van der Waals surface area (Å²) in [6.45, 7) is 2.27. The maximum atomic E-state index is 14.0. The molecule has 94 valence electrons. The minimum Gasteiger partial charge on any atom is -0.360 e. The van der Waals surface area contributed by atoms with Crippen LogP contribution in [0.15, 0.2) is 30.6 Å². The molecule has 0 atom stereocenters. The third-order valence-corrected chi connectivity index (χ3v) is 3.56. The van der Waals surface area contributed by atoms with Crippen molar-refractivity contribution in [3.8, 4) is 0 Å². The van der Waals surface area contributed by atoms with Gasteiger partial charge in [-0.3, -0.25) is 0 Å². The molecule has 0 saturated heterocycles. The summed E-state index contributed by atoms with van der Waals surface area (Å²) in [6, 6.07) is 5.17. The van der Waals surface area contributed by atoms with Crippen LogP contribution in [-0.4, -0.2) is 16.1 Å². The number of fused-ring (bicyclic) bond motifs is 1. The van der Waals surface area contributed by atoms with Gasteiger partial charge in [0.05, 0.1) is 12.2 Å². The number of anilines is 1. The Morgan fingerprint density at radius 3 is 3.00 bits per heavy atom. The van der Waals surface area contributed by atoms with E-state index >= 15 is 0 Å². The van der Waals surface area contributed by atoms with E-state index in [1.165, 1.54) is 6.07 Å². The molecule has 0 radical (unpaired) electrons. The van der Waals surface area contributed by atoms with Crippen molar-refractivity contribution in [1.29, 1.82) is 0 Å². The van der Waals surface area contributed by atoms with Gasteiger partial charge in [0, 0.05) is 31.4 Å². The fourth-order valence-corrected chi connectivity index (χ4v) is 2.44. The molecule has 0 amide bonds. The zero-order valence-electron chi connectivity index (χ0n) is 9.81. The highest BCUT2D eigenvalue weighted by molar-refractivity contribution is 6.17. The molecule has 0 saturated carbocycles. The molecule has 0 spiro atoms. The molecule has 0 bridgehead atoms. The molecule has 1 aromatic carbocycles. The molecule has 0 aliphatic carbocycles. The van der Waals surface area contributed by atoms with Crippen molar-refractivity contribution in [1.82, 2.24) is 9.55 Å². The number of nitrogens with zero attached hydrogens (tertiary/aromatic N) is 3. The van der Waals surface area contributed by atoms with E-state index in [0.29, 0.717) is 18.1 Å². The van der Waals surface area contributed by atoms with Gasteiger partial charge in [0.25, 0.3) is 0 Å². The first kappa shape index (κ1) is 11.5. The summed E-state index contributed by atoms with van der Waals surface area (Å²) in [7, 11) is 0. The summed E-state index contributed by atoms with van der Waals surface area (Å²) in [5.74, 6) is 1.09. The van der Waals surface area contributed by atoms with Gasteiger partial charge in [-0.1, -0.05) is 6.07 Å². The predicted octanol–water partition coefficient (Wildman–Crippen LogP) is 2.78. The topological polar surface area (TPSA) is 21.1 Å². The lowest BCUT2D eigenvalue weighted by atomic mass is 10.2. The Balaban J connectivity index is 1.88. The Hall–Kier alpha value is -1.55. The van der Waals surface area contributed by atoms with Crippen molar-refractivity contribution in [3.05, 3.63) is 47.8 Å². The lowest BCUT2D eigenvalue weighted by Gasteiger charge is -2.29. The van der Waals surface area contributed by atoms with E-state index in [-0.39, 0.29) is 5.82 Å². The fourth-order valence-electron chi connectivity index (χ4n) is 2.27. The van der Waals surface area contributed by atoms with E-state index in [9.17, 15) is 4.39 Å². The molecule has 1 aliphatic heterocycles. The van der Waals surface area contributed by atoms with Crippen LogP contribution in [0.1, 0.15) is 11.4 Å². The number of halogens is 2. The van der Waals surface area contributed by atoms with Crippen LogP contribution in [0.5, 0.6) is 0 Å². The first-order chi connectivity index (χ1) is 8.78. The molecule has 5 heteroatoms. The van der Waals surface area contributed by atoms with Crippen molar-refractivity contribution in [3.63, 3.8) is 0 Å². The van der Waals surface area contributed by atoms with Crippen LogP contribution in [0, 0.1) is 5.82 Å². The Labute approximate surface area is 110 Å². The number of rotatable bonds is 2. The van der Waals surface area contributed by atoms with Gasteiger partial charge < -0.3 is 9.47 Å². The standard InChI is InChI=1S/C13H13ClFN3/c14-8-10-1-2-12(11(15)7-10)18-6-5-17-4-3-16-13(17)9-18/h1-4,7H,5-6,8-9H2. The van der Waals surface area contributed by atoms with Crippen LogP contribution >= 0.6 is 11.6 Å². The number of hydrogen-bond acceptors (Lipinski definition) is 2. The summed E-state index contributed by atoms with van der Waals surface area (Å²) in [5.41, 5.74) is 1.43. The second-order valence-corrected chi connectivity index (χ2v) is 4.65. The Bertz CT molecular complexity index is 567. The number of imidazole rings is 1. The van der Waals surface area contributed by atoms with Crippen LogP contribution in [0.4, 0.5) is 10.1 Å². The molecule has 0 unspecified atom stereocenters. The second-order valence-electron chi connectivity index (χ2n) is 4.38. The molecule has 2 aromatic rings. The molecule has 3 nitrogen and oxygen atoms in total. The average Bonchev–Trinajstić information content (AvgIpc) is 2.85. The Morgan fingerprint density at radius 2 is 2.22 bits per heavy atom. The van der Waals surface area contributed by atoms with Gasteiger partial charge >= 0.3 is 0 Å². The van der Waals surface area contributed by atoms with E-state index in [1.807, 2.05) is 17.2 Å². The second kappa shape index (κ2) is 4.61. The largest absolute Gasteiger partial charge is 0.360 e. The van der Waals surface area contributed by atoms with Crippen LogP contribution in [0.2, 0.25) is 0 Å². The highest BCUT2D eigenvalue weighted by Gasteiger charge is 2.19. The normalized spacial score (nSPS) is 14.7. The summed E-state index contributed by atoms with van der Waals surface area (Å²) >= 11 is 5.70. The van der Waals surface area contributed by atoms with Gasteiger partial charge in [-0.2, -0.15) is 0 Å². The number of benzene rings is 1. The number of alkyl halides is 1. The molecular weight excluding hydrogens is 253 g/mol. The van der Waals surface area contributed by atoms with E-state index in [1.54, 1.807) is 12.3 Å². The van der Waals surface area contributed by atoms with Gasteiger partial charge in [0.1, 0.15) is 11.6 Å². The van der Waals surface area contributed by atoms with Crippen molar-refractivity contribution in [2.45, 2.75) is 19.0 Å². The monoisotopic (exact) mass is 265 g/mol. The lowest BCUT2D eigenvalue weighted by molar-refractivity contribution is 0.543. The molecule has 1 aromatic heterocycles. The highest BCUT2D eigenvalue weighted by Crippen LogP contribution is 2.24. The van der Waals surface area contributed by atoms with Gasteiger partial charge in [0.2, 0.25) is 0 Å². The van der Waals surface area contributed by atoms with Gasteiger partial charge in [-0.25, -0.2) is 9.37 Å². The van der Waals surface area contributed by atoms with Crippen molar-refractivity contribution >= 4 is 17.3 Å². The Morgan fingerprint density at radius 1 is 1.33 bits per heavy atom. The third-order valence-electron chi connectivity index (χ3n) is 3.25. The first-order valence-corrected chi connectivity index (χ1v) is 6.41. The minimum absolute atomic E-state index is 0.215. The Kier molecular flexibility index (Phi) is 2.96. The van der Waals surface area contributed by atoms with Crippen molar-refractivity contribution < 1.29 is 4.39 Å². The van der Waals surface area contributed by atoms with Gasteiger partial charge in [-0.15, -0.1) is 11.6 Å². The van der Waals surface area contributed by atoms with Crippen LogP contribution in [0.25, 0.3) is 0 Å². The maximum Gasteiger partial charge on any atom is 0.146 e. The summed E-state index contributed by atoms with van der Waals surface area (Å²) in [5, 5.41) is 0.